The molecular formula is C11H21NO5. The highest BCUT2D eigenvalue weighted by atomic mass is 16.6. The van der Waals surface area contributed by atoms with E-state index in [0.717, 1.165) is 0 Å². The minimum absolute atomic E-state index is 0.165. The minimum Gasteiger partial charge on any atom is -0.468 e. The van der Waals surface area contributed by atoms with E-state index in [1.54, 1.807) is 20.8 Å². The number of aliphatic hydroxyl groups excluding tert-OH is 1. The molecule has 0 bridgehead atoms. The number of rotatable bonds is 5. The van der Waals surface area contributed by atoms with Crippen molar-refractivity contribution < 1.29 is 24.2 Å². The van der Waals surface area contributed by atoms with Crippen molar-refractivity contribution in [2.24, 2.45) is 0 Å². The number of carbonyl (C=O) groups is 2. The average molecular weight is 247 g/mol. The Balaban J connectivity index is 4.23. The molecule has 0 aromatic rings. The summed E-state index contributed by atoms with van der Waals surface area (Å²) in [5.74, 6) is -1.12. The molecule has 0 heterocycles. The zero-order chi connectivity index (χ0) is 13.6. The lowest BCUT2D eigenvalue weighted by atomic mass is 10.2. The summed E-state index contributed by atoms with van der Waals surface area (Å²) in [7, 11) is 1.22. The normalized spacial score (nSPS) is 14.9. The van der Waals surface area contributed by atoms with Crippen LogP contribution < -0.4 is 5.32 Å². The first-order chi connectivity index (χ1) is 7.67. The first kappa shape index (κ1) is 15.9. The van der Waals surface area contributed by atoms with E-state index in [1.165, 1.54) is 14.0 Å². The lowest BCUT2D eigenvalue weighted by Crippen LogP contribution is -2.48. The SMILES string of the molecule is COC(=O)C(NCC(=O)OC(C)(C)C)C(C)O. The van der Waals surface area contributed by atoms with Crippen LogP contribution in [0.15, 0.2) is 0 Å². The van der Waals surface area contributed by atoms with Crippen molar-refractivity contribution in [2.45, 2.75) is 45.4 Å². The van der Waals surface area contributed by atoms with Gasteiger partial charge in [0.25, 0.3) is 0 Å². The molecule has 0 radical (unpaired) electrons. The van der Waals surface area contributed by atoms with Crippen molar-refractivity contribution in [2.75, 3.05) is 13.7 Å². The highest BCUT2D eigenvalue weighted by Gasteiger charge is 2.25. The fourth-order valence-electron chi connectivity index (χ4n) is 1.15. The summed E-state index contributed by atoms with van der Waals surface area (Å²) in [5.41, 5.74) is -0.579. The van der Waals surface area contributed by atoms with Crippen LogP contribution in [0, 0.1) is 0 Å². The third kappa shape index (κ3) is 6.91. The Bertz CT molecular complexity index is 270. The molecule has 2 N–H and O–H groups in total. The van der Waals surface area contributed by atoms with E-state index in [-0.39, 0.29) is 6.54 Å². The Labute approximate surface area is 101 Å². The maximum absolute atomic E-state index is 11.4. The van der Waals surface area contributed by atoms with E-state index in [2.05, 4.69) is 10.1 Å². The molecule has 2 atom stereocenters. The average Bonchev–Trinajstić information content (AvgIpc) is 2.14. The second-order valence-corrected chi connectivity index (χ2v) is 4.71. The van der Waals surface area contributed by atoms with Crippen molar-refractivity contribution in [3.8, 4) is 0 Å². The van der Waals surface area contributed by atoms with Crippen LogP contribution in [0.2, 0.25) is 0 Å². The van der Waals surface area contributed by atoms with Crippen molar-refractivity contribution in [3.05, 3.63) is 0 Å². The van der Waals surface area contributed by atoms with Crippen LogP contribution in [0.4, 0.5) is 0 Å². The van der Waals surface area contributed by atoms with Crippen LogP contribution in [0.3, 0.4) is 0 Å². The number of aliphatic hydroxyl groups is 1. The van der Waals surface area contributed by atoms with Crippen molar-refractivity contribution in [1.82, 2.24) is 5.32 Å². The summed E-state index contributed by atoms with van der Waals surface area (Å²) in [5, 5.41) is 11.9. The van der Waals surface area contributed by atoms with Crippen LogP contribution >= 0.6 is 0 Å². The van der Waals surface area contributed by atoms with Gasteiger partial charge in [-0.1, -0.05) is 0 Å². The van der Waals surface area contributed by atoms with Crippen molar-refractivity contribution in [3.63, 3.8) is 0 Å². The molecule has 0 saturated carbocycles. The fourth-order valence-corrected chi connectivity index (χ4v) is 1.15. The zero-order valence-corrected chi connectivity index (χ0v) is 10.9. The molecule has 100 valence electrons. The number of hydrogen-bond acceptors (Lipinski definition) is 6. The van der Waals surface area contributed by atoms with Crippen molar-refractivity contribution in [1.29, 1.82) is 0 Å². The number of esters is 2. The first-order valence-corrected chi connectivity index (χ1v) is 5.38. The number of carbonyl (C=O) groups excluding carboxylic acids is 2. The Kier molecular flexibility index (Phi) is 6.12. The highest BCUT2D eigenvalue weighted by Crippen LogP contribution is 2.06. The number of hydrogen-bond donors (Lipinski definition) is 2. The third-order valence-electron chi connectivity index (χ3n) is 1.82. The summed E-state index contributed by atoms with van der Waals surface area (Å²) >= 11 is 0. The number of methoxy groups -OCH3 is 1. The third-order valence-corrected chi connectivity index (χ3v) is 1.82. The van der Waals surface area contributed by atoms with Gasteiger partial charge < -0.3 is 14.6 Å². The molecule has 0 aromatic heterocycles. The highest BCUT2D eigenvalue weighted by molar-refractivity contribution is 5.78. The smallest absolute Gasteiger partial charge is 0.325 e. The predicted molar refractivity (Wildman–Crippen MR) is 61.3 cm³/mol. The Morgan fingerprint density at radius 1 is 1.35 bits per heavy atom. The molecule has 0 aliphatic carbocycles. The monoisotopic (exact) mass is 247 g/mol. The lowest BCUT2D eigenvalue weighted by molar-refractivity contribution is -0.154. The Hall–Kier alpha value is -1.14. The molecule has 0 rings (SSSR count). The predicted octanol–water partition coefficient (Wildman–Crippen LogP) is -0.160. The van der Waals surface area contributed by atoms with Gasteiger partial charge in [-0.2, -0.15) is 0 Å². The largest absolute Gasteiger partial charge is 0.468 e. The van der Waals surface area contributed by atoms with Crippen LogP contribution in [-0.4, -0.2) is 48.4 Å². The van der Waals surface area contributed by atoms with Gasteiger partial charge in [0.05, 0.1) is 19.8 Å². The molecule has 0 aromatic carbocycles. The van der Waals surface area contributed by atoms with E-state index in [9.17, 15) is 14.7 Å². The van der Waals surface area contributed by atoms with E-state index < -0.39 is 29.7 Å². The lowest BCUT2D eigenvalue weighted by Gasteiger charge is -2.22. The summed E-state index contributed by atoms with van der Waals surface area (Å²) in [6.45, 7) is 6.51. The summed E-state index contributed by atoms with van der Waals surface area (Å²) < 4.78 is 9.54. The number of nitrogens with one attached hydrogen (secondary N) is 1. The van der Waals surface area contributed by atoms with Crippen molar-refractivity contribution >= 4 is 11.9 Å². The molecule has 0 spiro atoms. The summed E-state index contributed by atoms with van der Waals surface area (Å²) in [6.07, 6.45) is -0.954. The minimum atomic E-state index is -0.954. The van der Waals surface area contributed by atoms with Gasteiger partial charge in [-0.3, -0.25) is 14.9 Å². The van der Waals surface area contributed by atoms with E-state index in [4.69, 9.17) is 4.74 Å². The molecule has 17 heavy (non-hydrogen) atoms. The molecule has 2 unspecified atom stereocenters. The molecule has 0 aliphatic rings. The van der Waals surface area contributed by atoms with Gasteiger partial charge in [-0.15, -0.1) is 0 Å². The maximum atomic E-state index is 11.4. The first-order valence-electron chi connectivity index (χ1n) is 5.38. The van der Waals surface area contributed by atoms with Crippen LogP contribution in [0.1, 0.15) is 27.7 Å². The summed E-state index contributed by atoms with van der Waals surface area (Å²) in [6, 6.07) is -0.937. The molecule has 6 nitrogen and oxygen atoms in total. The Morgan fingerprint density at radius 3 is 2.24 bits per heavy atom. The summed E-state index contributed by atoms with van der Waals surface area (Å²) in [4.78, 5) is 22.6. The van der Waals surface area contributed by atoms with Crippen LogP contribution in [-0.2, 0) is 19.1 Å². The molecular weight excluding hydrogens is 226 g/mol. The van der Waals surface area contributed by atoms with E-state index in [0.29, 0.717) is 0 Å². The second-order valence-electron chi connectivity index (χ2n) is 4.71. The quantitative estimate of drug-likeness (QED) is 0.657. The molecule has 0 fully saturated rings. The standard InChI is InChI=1S/C11H21NO5/c1-7(13)9(10(15)16-5)12-6-8(14)17-11(2,3)4/h7,9,12-13H,6H2,1-5H3. The van der Waals surface area contributed by atoms with Gasteiger partial charge in [0.1, 0.15) is 11.6 Å². The molecule has 0 saturated heterocycles. The second kappa shape index (κ2) is 6.56. The van der Waals surface area contributed by atoms with E-state index >= 15 is 0 Å². The molecule has 0 amide bonds. The molecule has 0 aliphatic heterocycles. The van der Waals surface area contributed by atoms with Gasteiger partial charge in [0.2, 0.25) is 0 Å². The van der Waals surface area contributed by atoms with E-state index in [1.807, 2.05) is 0 Å². The molecule has 6 heteroatoms. The van der Waals surface area contributed by atoms with Gasteiger partial charge >= 0.3 is 11.9 Å². The van der Waals surface area contributed by atoms with Gasteiger partial charge in [-0.05, 0) is 27.7 Å². The Morgan fingerprint density at radius 2 is 1.88 bits per heavy atom. The fraction of sp³-hybridized carbons (Fsp3) is 0.818. The maximum Gasteiger partial charge on any atom is 0.325 e. The number of ether oxygens (including phenoxy) is 2. The van der Waals surface area contributed by atoms with Crippen LogP contribution in [0.5, 0.6) is 0 Å². The topological polar surface area (TPSA) is 84.9 Å². The van der Waals surface area contributed by atoms with Gasteiger partial charge in [0.15, 0.2) is 0 Å². The van der Waals surface area contributed by atoms with Gasteiger partial charge in [-0.25, -0.2) is 0 Å². The van der Waals surface area contributed by atoms with Crippen LogP contribution in [0.25, 0.3) is 0 Å². The van der Waals surface area contributed by atoms with Gasteiger partial charge in [0, 0.05) is 0 Å². The zero-order valence-electron chi connectivity index (χ0n) is 10.9.